The van der Waals surface area contributed by atoms with Crippen molar-refractivity contribution >= 4 is 23.2 Å². The molecule has 2 N–H and O–H groups in total. The van der Waals surface area contributed by atoms with Gasteiger partial charge in [0.05, 0.1) is 18.2 Å². The van der Waals surface area contributed by atoms with Gasteiger partial charge in [0.1, 0.15) is 18.5 Å². The number of hydrogen-bond donors (Lipinski definition) is 2. The molecule has 0 saturated carbocycles. The Kier molecular flexibility index (Phi) is 6.25. The number of carbonyl (C=O) groups is 1. The fourth-order valence-corrected chi connectivity index (χ4v) is 2.12. The number of methoxy groups -OCH3 is 1. The average Bonchev–Trinajstić information content (AvgIpc) is 2.50. The number of hydrogen-bond acceptors (Lipinski definition) is 5. The summed E-state index contributed by atoms with van der Waals surface area (Å²) < 4.78 is 15.7. The number of nitrogens with one attached hydrogen (secondary N) is 2. The topological polar surface area (TPSA) is 68.8 Å². The Morgan fingerprint density at radius 2 is 2.38 bits per heavy atom. The van der Waals surface area contributed by atoms with E-state index in [-0.39, 0.29) is 5.91 Å². The highest BCUT2D eigenvalue weighted by Crippen LogP contribution is 2.27. The molecule has 1 aromatic rings. The standard InChI is InChI=1S/C14H19ClN2O4/c1-19-6-7-21-12-3-2-10(8-11(12)15)17-14(18)13-9-16-4-5-20-13/h2-3,8,13,16H,4-7,9H2,1H3,(H,17,18). The second-order valence-corrected chi connectivity index (χ2v) is 4.95. The van der Waals surface area contributed by atoms with Crippen molar-refractivity contribution in [1.29, 1.82) is 0 Å². The highest BCUT2D eigenvalue weighted by Gasteiger charge is 2.21. The zero-order chi connectivity index (χ0) is 15.1. The van der Waals surface area contributed by atoms with Crippen molar-refractivity contribution in [3.63, 3.8) is 0 Å². The summed E-state index contributed by atoms with van der Waals surface area (Å²) in [7, 11) is 1.60. The van der Waals surface area contributed by atoms with Gasteiger partial charge in [-0.3, -0.25) is 4.79 Å². The van der Waals surface area contributed by atoms with Gasteiger partial charge < -0.3 is 24.8 Å². The molecule has 0 spiro atoms. The number of benzene rings is 1. The number of anilines is 1. The van der Waals surface area contributed by atoms with E-state index in [0.29, 0.717) is 42.8 Å². The van der Waals surface area contributed by atoms with E-state index in [1.807, 2.05) is 0 Å². The molecular formula is C14H19ClN2O4. The van der Waals surface area contributed by atoms with Crippen LogP contribution in [0.5, 0.6) is 5.75 Å². The van der Waals surface area contributed by atoms with Gasteiger partial charge in [-0.15, -0.1) is 0 Å². The van der Waals surface area contributed by atoms with Crippen molar-refractivity contribution in [2.24, 2.45) is 0 Å². The van der Waals surface area contributed by atoms with Crippen molar-refractivity contribution in [2.45, 2.75) is 6.10 Å². The van der Waals surface area contributed by atoms with Crippen LogP contribution in [0.4, 0.5) is 5.69 Å². The van der Waals surface area contributed by atoms with Crippen molar-refractivity contribution < 1.29 is 19.0 Å². The first-order valence-corrected chi connectivity index (χ1v) is 7.13. The lowest BCUT2D eigenvalue weighted by atomic mass is 10.2. The fourth-order valence-electron chi connectivity index (χ4n) is 1.89. The second-order valence-electron chi connectivity index (χ2n) is 4.54. The predicted molar refractivity (Wildman–Crippen MR) is 80.1 cm³/mol. The van der Waals surface area contributed by atoms with Gasteiger partial charge in [-0.05, 0) is 18.2 Å². The molecule has 1 aromatic carbocycles. The average molecular weight is 315 g/mol. The Labute approximate surface area is 128 Å². The monoisotopic (exact) mass is 314 g/mol. The quantitative estimate of drug-likeness (QED) is 0.775. The predicted octanol–water partition coefficient (Wildman–Crippen LogP) is 1.29. The molecule has 1 aliphatic rings. The molecule has 1 amide bonds. The molecule has 1 atom stereocenters. The summed E-state index contributed by atoms with van der Waals surface area (Å²) in [6.45, 7) is 2.72. The minimum absolute atomic E-state index is 0.189. The zero-order valence-electron chi connectivity index (χ0n) is 11.9. The van der Waals surface area contributed by atoms with Gasteiger partial charge in [-0.25, -0.2) is 0 Å². The van der Waals surface area contributed by atoms with E-state index in [0.717, 1.165) is 6.54 Å². The molecule has 2 rings (SSSR count). The molecule has 7 heteroatoms. The highest BCUT2D eigenvalue weighted by molar-refractivity contribution is 6.32. The van der Waals surface area contributed by atoms with Crippen LogP contribution in [0.1, 0.15) is 0 Å². The minimum Gasteiger partial charge on any atom is -0.490 e. The Morgan fingerprint density at radius 3 is 3.05 bits per heavy atom. The summed E-state index contributed by atoms with van der Waals surface area (Å²) in [6, 6.07) is 5.10. The van der Waals surface area contributed by atoms with Gasteiger partial charge in [-0.1, -0.05) is 11.6 Å². The number of morpholine rings is 1. The van der Waals surface area contributed by atoms with Gasteiger partial charge in [0.15, 0.2) is 0 Å². The molecule has 116 valence electrons. The molecule has 1 saturated heterocycles. The van der Waals surface area contributed by atoms with E-state index in [2.05, 4.69) is 10.6 Å². The van der Waals surface area contributed by atoms with Crippen LogP contribution in [0.2, 0.25) is 5.02 Å². The zero-order valence-corrected chi connectivity index (χ0v) is 12.6. The van der Waals surface area contributed by atoms with E-state index >= 15 is 0 Å². The van der Waals surface area contributed by atoms with Crippen LogP contribution in [-0.4, -0.2) is 52.0 Å². The van der Waals surface area contributed by atoms with Crippen molar-refractivity contribution in [1.82, 2.24) is 5.32 Å². The number of rotatable bonds is 6. The molecule has 0 aliphatic carbocycles. The first-order chi connectivity index (χ1) is 10.2. The highest BCUT2D eigenvalue weighted by atomic mass is 35.5. The van der Waals surface area contributed by atoms with Crippen LogP contribution in [0, 0.1) is 0 Å². The molecule has 6 nitrogen and oxygen atoms in total. The van der Waals surface area contributed by atoms with E-state index in [4.69, 9.17) is 25.8 Å². The van der Waals surface area contributed by atoms with Crippen molar-refractivity contribution in [2.75, 3.05) is 45.3 Å². The van der Waals surface area contributed by atoms with Gasteiger partial charge >= 0.3 is 0 Å². The molecule has 1 unspecified atom stereocenters. The van der Waals surface area contributed by atoms with E-state index in [1.54, 1.807) is 25.3 Å². The summed E-state index contributed by atoms with van der Waals surface area (Å²) >= 11 is 6.12. The number of halogens is 1. The summed E-state index contributed by atoms with van der Waals surface area (Å²) in [6.07, 6.45) is -0.477. The second kappa shape index (κ2) is 8.19. The van der Waals surface area contributed by atoms with Crippen LogP contribution in [0.3, 0.4) is 0 Å². The number of amides is 1. The third-order valence-electron chi connectivity index (χ3n) is 2.96. The fraction of sp³-hybridized carbons (Fsp3) is 0.500. The third-order valence-corrected chi connectivity index (χ3v) is 3.26. The van der Waals surface area contributed by atoms with Crippen LogP contribution in [0.25, 0.3) is 0 Å². The maximum atomic E-state index is 12.0. The number of carbonyl (C=O) groups excluding carboxylic acids is 1. The van der Waals surface area contributed by atoms with Gasteiger partial charge in [0.2, 0.25) is 0 Å². The summed E-state index contributed by atoms with van der Waals surface area (Å²) in [5.41, 5.74) is 0.610. The summed E-state index contributed by atoms with van der Waals surface area (Å²) in [5, 5.41) is 6.32. The Bertz CT molecular complexity index is 478. The lowest BCUT2D eigenvalue weighted by molar-refractivity contribution is -0.128. The van der Waals surface area contributed by atoms with Gasteiger partial charge in [0.25, 0.3) is 5.91 Å². The lowest BCUT2D eigenvalue weighted by Crippen LogP contribution is -2.45. The van der Waals surface area contributed by atoms with Gasteiger partial charge in [-0.2, -0.15) is 0 Å². The summed E-state index contributed by atoms with van der Waals surface area (Å²) in [5.74, 6) is 0.369. The SMILES string of the molecule is COCCOc1ccc(NC(=O)C2CNCCO2)cc1Cl. The maximum absolute atomic E-state index is 12.0. The largest absolute Gasteiger partial charge is 0.490 e. The Morgan fingerprint density at radius 1 is 1.52 bits per heavy atom. The normalized spacial score (nSPS) is 18.3. The molecule has 0 aromatic heterocycles. The van der Waals surface area contributed by atoms with Crippen LogP contribution in [0.15, 0.2) is 18.2 Å². The van der Waals surface area contributed by atoms with E-state index in [9.17, 15) is 4.79 Å². The molecule has 0 bridgehead atoms. The van der Waals surface area contributed by atoms with Gasteiger partial charge in [0, 0.05) is 25.9 Å². The van der Waals surface area contributed by atoms with E-state index < -0.39 is 6.10 Å². The smallest absolute Gasteiger partial charge is 0.254 e. The molecule has 0 radical (unpaired) electrons. The first kappa shape index (κ1) is 16.0. The van der Waals surface area contributed by atoms with Crippen molar-refractivity contribution in [3.8, 4) is 5.75 Å². The molecule has 1 fully saturated rings. The third kappa shape index (κ3) is 4.86. The lowest BCUT2D eigenvalue weighted by Gasteiger charge is -2.22. The Hall–Kier alpha value is -1.34. The molecule has 1 heterocycles. The van der Waals surface area contributed by atoms with E-state index in [1.165, 1.54) is 0 Å². The van der Waals surface area contributed by atoms with Crippen LogP contribution in [-0.2, 0) is 14.3 Å². The Balaban J connectivity index is 1.91. The van der Waals surface area contributed by atoms with Crippen LogP contribution < -0.4 is 15.4 Å². The van der Waals surface area contributed by atoms with Crippen LogP contribution >= 0.6 is 11.6 Å². The first-order valence-electron chi connectivity index (χ1n) is 6.75. The molecular weight excluding hydrogens is 296 g/mol. The number of ether oxygens (including phenoxy) is 3. The minimum atomic E-state index is -0.477. The summed E-state index contributed by atoms with van der Waals surface area (Å²) in [4.78, 5) is 12.0. The van der Waals surface area contributed by atoms with Crippen molar-refractivity contribution in [3.05, 3.63) is 23.2 Å². The maximum Gasteiger partial charge on any atom is 0.254 e. The molecule has 21 heavy (non-hydrogen) atoms. The molecule has 1 aliphatic heterocycles.